The smallest absolute Gasteiger partial charge is 0.244 e. The minimum atomic E-state index is -4.92. The van der Waals surface area contributed by atoms with E-state index in [4.69, 9.17) is 43.6 Å². The minimum Gasteiger partial charge on any atom is -0.394 e. The van der Waals surface area contributed by atoms with Gasteiger partial charge in [0.05, 0.1) is 83.9 Å². The summed E-state index contributed by atoms with van der Waals surface area (Å²) in [6.45, 7) is -13.2. The molecule has 0 aliphatic carbocycles. The van der Waals surface area contributed by atoms with Crippen LogP contribution in [0.4, 0.5) is 5.69 Å². The van der Waals surface area contributed by atoms with Crippen molar-refractivity contribution in [1.29, 1.82) is 0 Å². The molecule has 2 aromatic rings. The van der Waals surface area contributed by atoms with Crippen molar-refractivity contribution in [2.45, 2.75) is 128 Å². The van der Waals surface area contributed by atoms with Gasteiger partial charge in [0.1, 0.15) is 97.7 Å². The lowest BCUT2D eigenvalue weighted by Crippen LogP contribution is -2.59. The Kier molecular flexibility index (Phi) is 27.4. The zero-order valence-electron chi connectivity index (χ0n) is 48.4. The largest absolute Gasteiger partial charge is 0.394 e. The number of carbonyl (C=O) groups is 4. The maximum atomic E-state index is 15.1. The molecule has 0 radical (unpaired) electrons. The molecule has 4 aliphatic rings. The number of nitrogens with zero attached hydrogens (tertiary/aromatic N) is 5. The summed E-state index contributed by atoms with van der Waals surface area (Å²) < 4.78 is 75.0. The van der Waals surface area contributed by atoms with E-state index in [0.717, 1.165) is 9.80 Å². The summed E-state index contributed by atoms with van der Waals surface area (Å²) in [5.41, 5.74) is 6.07. The normalized spacial score (nSPS) is 32.6. The van der Waals surface area contributed by atoms with Crippen molar-refractivity contribution in [3.05, 3.63) is 36.4 Å². The Morgan fingerprint density at radius 2 is 0.753 bits per heavy atom. The second-order valence-corrected chi connectivity index (χ2v) is 23.5. The maximum Gasteiger partial charge on any atom is 0.244 e. The van der Waals surface area contributed by atoms with E-state index in [1.807, 2.05) is 0 Å². The first-order chi connectivity index (χ1) is 42.1. The summed E-state index contributed by atoms with van der Waals surface area (Å²) in [4.78, 5) is 60.2. The quantitative estimate of drug-likeness (QED) is 0.0333. The van der Waals surface area contributed by atoms with Crippen LogP contribution < -0.4 is 10.6 Å². The summed E-state index contributed by atoms with van der Waals surface area (Å²) in [6.07, 6.45) is -35.5. The Morgan fingerprint density at radius 1 is 0.438 bits per heavy atom. The van der Waals surface area contributed by atoms with Gasteiger partial charge in [-0.2, -0.15) is 4.31 Å². The molecule has 37 heteroatoms. The molecule has 2 aromatic carbocycles. The Labute approximate surface area is 509 Å². The Morgan fingerprint density at radius 3 is 1.09 bits per heavy atom. The minimum absolute atomic E-state index is 0.169. The maximum absolute atomic E-state index is 15.1. The van der Waals surface area contributed by atoms with Crippen LogP contribution in [-0.2, 0) is 67.1 Å². The molecule has 506 valence electrons. The number of hydrogen-bond acceptors (Lipinski definition) is 31. The zero-order chi connectivity index (χ0) is 65.8. The Balaban J connectivity index is 1.34. The highest BCUT2D eigenvalue weighted by Gasteiger charge is 2.48. The standard InChI is InChI=1S/C52H82N6O30S/c1-54(2)27-7-3-6-26-25(27)5-4-8-32(26)89(79,80)58(12-16-84-52-48(78)44(74)40(70)31(24-62)88-52)20-36(66)57(11-15-83-51-47(77)43(73)39(69)30(23-61)87-51)19-35(65)56(10-14-82-50-46(76)42(72)38(68)29(22-60)86-50)18-34(64)55(17-33(53)63)9-13-81-49-45(75)41(71)37(67)28(21-59)85-49/h3-8,28-31,37-52,59-62,67-78H,9-24H2,1-2H3,(H2,53,63)/t28-,29-,30-,31-,37+,38+,39+,40+,41-,42-,43-,44-,45+,46+,47+,48+,49-,50-,51-,52-/m0/s1. The van der Waals surface area contributed by atoms with Gasteiger partial charge >= 0.3 is 0 Å². The van der Waals surface area contributed by atoms with Crippen LogP contribution in [-0.4, -0.2) is 375 Å². The average molecular weight is 1300 g/mol. The predicted molar refractivity (Wildman–Crippen MR) is 295 cm³/mol. The second kappa shape index (κ2) is 33.3. The van der Waals surface area contributed by atoms with E-state index in [2.05, 4.69) is 0 Å². The number of rotatable bonds is 31. The van der Waals surface area contributed by atoms with Gasteiger partial charge in [-0.3, -0.25) is 19.2 Å². The molecule has 4 heterocycles. The first-order valence-electron chi connectivity index (χ1n) is 28.1. The van der Waals surface area contributed by atoms with Crippen LogP contribution in [0, 0.1) is 0 Å². The first kappa shape index (κ1) is 73.4. The molecule has 0 saturated carbocycles. The number of anilines is 1. The number of fused-ring (bicyclic) bond motifs is 1. The number of benzene rings is 2. The van der Waals surface area contributed by atoms with Crippen LogP contribution in [0.3, 0.4) is 0 Å². The molecule has 6 rings (SSSR count). The van der Waals surface area contributed by atoms with E-state index in [1.54, 1.807) is 37.2 Å². The molecule has 0 aromatic heterocycles. The molecule has 0 spiro atoms. The molecule has 20 atom stereocenters. The summed E-state index contributed by atoms with van der Waals surface area (Å²) in [7, 11) is -1.50. The molecular weight excluding hydrogens is 1220 g/mol. The number of carbonyl (C=O) groups excluding carboxylic acids is 4. The lowest BCUT2D eigenvalue weighted by atomic mass is 9.99. The van der Waals surface area contributed by atoms with E-state index in [0.29, 0.717) is 20.3 Å². The number of aliphatic hydroxyl groups is 16. The number of aliphatic hydroxyl groups excluding tert-OH is 16. The highest BCUT2D eigenvalue weighted by molar-refractivity contribution is 7.89. The van der Waals surface area contributed by atoms with Crippen molar-refractivity contribution in [3.8, 4) is 0 Å². The van der Waals surface area contributed by atoms with Gasteiger partial charge < -0.3 is 145 Å². The van der Waals surface area contributed by atoms with Gasteiger partial charge in [0.15, 0.2) is 25.2 Å². The van der Waals surface area contributed by atoms with Crippen molar-refractivity contribution < 1.29 is 147 Å². The van der Waals surface area contributed by atoms with E-state index < -0.39 is 262 Å². The molecule has 18 N–H and O–H groups in total. The third-order valence-electron chi connectivity index (χ3n) is 15.3. The van der Waals surface area contributed by atoms with Gasteiger partial charge in [-0.15, -0.1) is 0 Å². The Bertz CT molecular complexity index is 2720. The van der Waals surface area contributed by atoms with Gasteiger partial charge in [0.25, 0.3) is 0 Å². The third-order valence-corrected chi connectivity index (χ3v) is 17.2. The summed E-state index contributed by atoms with van der Waals surface area (Å²) in [5.74, 6) is -4.59. The van der Waals surface area contributed by atoms with Crippen LogP contribution >= 0.6 is 0 Å². The second-order valence-electron chi connectivity index (χ2n) is 21.5. The van der Waals surface area contributed by atoms with Gasteiger partial charge in [-0.05, 0) is 12.1 Å². The molecule has 0 unspecified atom stereocenters. The number of hydrogen-bond donors (Lipinski definition) is 17. The number of ether oxygens (including phenoxy) is 8. The van der Waals surface area contributed by atoms with Crippen molar-refractivity contribution >= 4 is 50.1 Å². The molecular formula is C52H82N6O30S. The van der Waals surface area contributed by atoms with E-state index >= 15 is 13.2 Å². The molecule has 89 heavy (non-hydrogen) atoms. The van der Waals surface area contributed by atoms with E-state index in [9.17, 15) is 96.1 Å². The third kappa shape index (κ3) is 17.9. The van der Waals surface area contributed by atoms with Crippen molar-refractivity contribution in [1.82, 2.24) is 19.0 Å². The zero-order valence-corrected chi connectivity index (χ0v) is 49.2. The van der Waals surface area contributed by atoms with Crippen LogP contribution in [0.1, 0.15) is 0 Å². The van der Waals surface area contributed by atoms with Crippen LogP contribution in [0.25, 0.3) is 10.8 Å². The fraction of sp³-hybridized carbons (Fsp3) is 0.731. The van der Waals surface area contributed by atoms with Crippen molar-refractivity contribution in [2.75, 3.05) is 124 Å². The predicted octanol–water partition coefficient (Wildman–Crippen LogP) is -11.9. The number of amides is 4. The summed E-state index contributed by atoms with van der Waals surface area (Å²) >= 11 is 0. The van der Waals surface area contributed by atoms with Crippen LogP contribution in [0.15, 0.2) is 41.3 Å². The lowest BCUT2D eigenvalue weighted by molar-refractivity contribution is -0.301. The van der Waals surface area contributed by atoms with E-state index in [-0.39, 0.29) is 10.3 Å². The lowest BCUT2D eigenvalue weighted by Gasteiger charge is -2.40. The molecule has 4 aliphatic heterocycles. The monoisotopic (exact) mass is 1300 g/mol. The molecule has 4 fully saturated rings. The molecule has 4 amide bonds. The number of primary amides is 1. The fourth-order valence-electron chi connectivity index (χ4n) is 10.1. The van der Waals surface area contributed by atoms with Crippen molar-refractivity contribution in [3.63, 3.8) is 0 Å². The van der Waals surface area contributed by atoms with Crippen LogP contribution in [0.2, 0.25) is 0 Å². The summed E-state index contributed by atoms with van der Waals surface area (Å²) in [5, 5.41) is 165. The molecule has 4 saturated heterocycles. The Hall–Kier alpha value is -4.67. The summed E-state index contributed by atoms with van der Waals surface area (Å²) in [6, 6.07) is 9.10. The van der Waals surface area contributed by atoms with E-state index in [1.165, 1.54) is 18.2 Å². The van der Waals surface area contributed by atoms with Gasteiger partial charge in [0.2, 0.25) is 33.7 Å². The average Bonchev–Trinajstić information content (AvgIpc) is 1.12. The number of sulfonamides is 1. The first-order valence-corrected chi connectivity index (χ1v) is 29.5. The fourth-order valence-corrected chi connectivity index (χ4v) is 11.7. The van der Waals surface area contributed by atoms with Gasteiger partial charge in [-0.1, -0.05) is 24.3 Å². The topological polar surface area (TPSA) is 542 Å². The molecule has 0 bridgehead atoms. The highest BCUT2D eigenvalue weighted by Crippen LogP contribution is 2.33. The number of nitrogens with two attached hydrogens (primary N) is 1. The SMILES string of the molecule is CN(C)c1cccc2c(S(=O)(=O)N(CCO[C@H]3O[C@@H](CO)[C@@H](O)[C@H](O)[C@H]3O)CC(=O)N(CCO[C@H]3O[C@@H](CO)[C@@H](O)[C@H](O)[C@H]3O)CC(=O)N(CCO[C@H]3O[C@@H](CO)[C@@H](O)[C@H](O)[C@H]3O)CC(=O)N(CCO[C@H]3O[C@@H](CO)[C@@H](O)[C@H](O)[C@H]3O)CC(N)=O)cccc12. The van der Waals surface area contributed by atoms with Crippen LogP contribution in [0.5, 0.6) is 0 Å². The molecule has 36 nitrogen and oxygen atoms in total. The van der Waals surface area contributed by atoms with Crippen molar-refractivity contribution in [2.24, 2.45) is 5.73 Å². The van der Waals surface area contributed by atoms with Gasteiger partial charge in [0, 0.05) is 56.7 Å². The highest BCUT2D eigenvalue weighted by atomic mass is 32.2. The van der Waals surface area contributed by atoms with Gasteiger partial charge in [-0.25, -0.2) is 8.42 Å².